The van der Waals surface area contributed by atoms with Crippen LogP contribution in [0.2, 0.25) is 0 Å². The van der Waals surface area contributed by atoms with Gasteiger partial charge in [0.2, 0.25) is 5.95 Å². The molecule has 0 spiro atoms. The first-order valence-corrected chi connectivity index (χ1v) is 14.7. The number of hydrogen-bond acceptors (Lipinski definition) is 6. The second kappa shape index (κ2) is 12.7. The minimum atomic E-state index is -0.361. The highest BCUT2D eigenvalue weighted by Gasteiger charge is 2.32. The number of nitrogens with zero attached hydrogens (tertiary/aromatic N) is 5. The molecule has 0 saturated heterocycles. The monoisotopic (exact) mass is 562 g/mol. The number of nitrogens with one attached hydrogen (secondary N) is 1. The summed E-state index contributed by atoms with van der Waals surface area (Å²) in [7, 11) is 0. The lowest BCUT2D eigenvalue weighted by atomic mass is 9.80. The van der Waals surface area contributed by atoms with Gasteiger partial charge in [0.25, 0.3) is 0 Å². The summed E-state index contributed by atoms with van der Waals surface area (Å²) in [6.45, 7) is 4.42. The number of hydrogen-bond donors (Lipinski definition) is 1. The fraction of sp³-hybridized carbons (Fsp3) is 0.135. The van der Waals surface area contributed by atoms with Gasteiger partial charge in [-0.25, -0.2) is 19.9 Å². The Balaban J connectivity index is 1.33. The number of anilines is 4. The van der Waals surface area contributed by atoms with Gasteiger partial charge in [-0.1, -0.05) is 86.6 Å². The Labute approximate surface area is 253 Å². The van der Waals surface area contributed by atoms with Crippen LogP contribution in [0.15, 0.2) is 140 Å². The maximum atomic E-state index is 4.64. The number of para-hydroxylation sites is 2. The second-order valence-corrected chi connectivity index (χ2v) is 10.4. The van der Waals surface area contributed by atoms with Crippen LogP contribution in [-0.2, 0) is 5.54 Å². The molecule has 2 heterocycles. The highest BCUT2D eigenvalue weighted by atomic mass is 15.1. The van der Waals surface area contributed by atoms with Gasteiger partial charge in [0, 0.05) is 41.8 Å². The number of benzene rings is 4. The van der Waals surface area contributed by atoms with E-state index in [0.29, 0.717) is 11.8 Å². The minimum Gasteiger partial charge on any atom is -0.345 e. The summed E-state index contributed by atoms with van der Waals surface area (Å²) in [5.41, 5.74) is 7.32. The van der Waals surface area contributed by atoms with Crippen molar-refractivity contribution in [3.05, 3.63) is 146 Å². The molecule has 6 nitrogen and oxygen atoms in total. The number of rotatable bonds is 10. The first kappa shape index (κ1) is 27.8. The van der Waals surface area contributed by atoms with Crippen molar-refractivity contribution >= 4 is 23.0 Å². The average molecular weight is 563 g/mol. The third-order valence-electron chi connectivity index (χ3n) is 7.94. The normalized spacial score (nSPS) is 11.2. The molecule has 0 aliphatic rings. The zero-order chi connectivity index (χ0) is 29.5. The van der Waals surface area contributed by atoms with Crippen LogP contribution in [0.4, 0.5) is 23.0 Å². The van der Waals surface area contributed by atoms with E-state index in [4.69, 9.17) is 0 Å². The van der Waals surface area contributed by atoms with Crippen LogP contribution >= 0.6 is 0 Å². The first-order chi connectivity index (χ1) is 21.2. The molecule has 212 valence electrons. The van der Waals surface area contributed by atoms with E-state index in [2.05, 4.69) is 141 Å². The molecule has 6 heteroatoms. The highest BCUT2D eigenvalue weighted by molar-refractivity contribution is 5.79. The van der Waals surface area contributed by atoms with E-state index in [1.165, 1.54) is 11.1 Å². The van der Waals surface area contributed by atoms with Crippen LogP contribution in [-0.4, -0.2) is 19.9 Å². The Morgan fingerprint density at radius 3 is 1.67 bits per heavy atom. The second-order valence-electron chi connectivity index (χ2n) is 10.4. The Kier molecular flexibility index (Phi) is 8.18. The standard InChI is InChI=1S/C37H34N6/c1-3-37(4-2,42-36-40-26-29(27-41-36)35-38-24-13-25-39-35)34-19-12-11-18-33(34)28-20-22-32(23-21-28)43(30-14-7-5-8-15-30)31-16-9-6-10-17-31/h5-27H,3-4H2,1-2H3,(H,40,41,42). The molecular weight excluding hydrogens is 528 g/mol. The molecular formula is C37H34N6. The van der Waals surface area contributed by atoms with E-state index < -0.39 is 0 Å². The molecule has 43 heavy (non-hydrogen) atoms. The fourth-order valence-corrected chi connectivity index (χ4v) is 5.59. The summed E-state index contributed by atoms with van der Waals surface area (Å²) >= 11 is 0. The third kappa shape index (κ3) is 5.86. The lowest BCUT2D eigenvalue weighted by Crippen LogP contribution is -2.35. The SMILES string of the molecule is CCC(CC)(Nc1ncc(-c2ncccn2)cn1)c1ccccc1-c1ccc(N(c2ccccc2)c2ccccc2)cc1. The topological polar surface area (TPSA) is 66.8 Å². The minimum absolute atomic E-state index is 0.361. The Morgan fingerprint density at radius 1 is 0.558 bits per heavy atom. The maximum Gasteiger partial charge on any atom is 0.223 e. The largest absolute Gasteiger partial charge is 0.345 e. The smallest absolute Gasteiger partial charge is 0.223 e. The third-order valence-corrected chi connectivity index (χ3v) is 7.94. The van der Waals surface area contributed by atoms with E-state index in [1.807, 2.05) is 12.1 Å². The van der Waals surface area contributed by atoms with E-state index >= 15 is 0 Å². The summed E-state index contributed by atoms with van der Waals surface area (Å²) in [6.07, 6.45) is 8.71. The molecule has 0 saturated carbocycles. The quantitative estimate of drug-likeness (QED) is 0.180. The van der Waals surface area contributed by atoms with Crippen molar-refractivity contribution in [2.75, 3.05) is 10.2 Å². The van der Waals surface area contributed by atoms with E-state index in [0.717, 1.165) is 41.0 Å². The molecule has 0 aliphatic carbocycles. The predicted octanol–water partition coefficient (Wildman–Crippen LogP) is 9.20. The zero-order valence-electron chi connectivity index (χ0n) is 24.4. The van der Waals surface area contributed by atoms with Crippen LogP contribution in [0.5, 0.6) is 0 Å². The average Bonchev–Trinajstić information content (AvgIpc) is 3.09. The molecule has 6 aromatic rings. The number of aromatic nitrogens is 4. The molecule has 0 amide bonds. The van der Waals surface area contributed by atoms with E-state index in [9.17, 15) is 0 Å². The van der Waals surface area contributed by atoms with Crippen LogP contribution in [0.3, 0.4) is 0 Å². The van der Waals surface area contributed by atoms with E-state index in [-0.39, 0.29) is 5.54 Å². The van der Waals surface area contributed by atoms with Gasteiger partial charge in [-0.2, -0.15) is 0 Å². The van der Waals surface area contributed by atoms with Crippen molar-refractivity contribution in [2.45, 2.75) is 32.2 Å². The predicted molar refractivity (Wildman–Crippen MR) is 176 cm³/mol. The Bertz CT molecular complexity index is 1700. The zero-order valence-corrected chi connectivity index (χ0v) is 24.4. The molecule has 0 unspecified atom stereocenters. The fourth-order valence-electron chi connectivity index (χ4n) is 5.59. The van der Waals surface area contributed by atoms with Crippen LogP contribution in [0.1, 0.15) is 32.3 Å². The van der Waals surface area contributed by atoms with Crippen LogP contribution < -0.4 is 10.2 Å². The molecule has 1 N–H and O–H groups in total. The van der Waals surface area contributed by atoms with Crippen LogP contribution in [0.25, 0.3) is 22.5 Å². The summed E-state index contributed by atoms with van der Waals surface area (Å²) in [5, 5.41) is 3.70. The molecule has 0 radical (unpaired) electrons. The summed E-state index contributed by atoms with van der Waals surface area (Å²) in [5.74, 6) is 1.19. The van der Waals surface area contributed by atoms with Crippen molar-refractivity contribution < 1.29 is 0 Å². The van der Waals surface area contributed by atoms with E-state index in [1.54, 1.807) is 30.9 Å². The molecule has 2 aromatic heterocycles. The molecule has 0 bridgehead atoms. The molecule has 0 fully saturated rings. The summed E-state index contributed by atoms with van der Waals surface area (Å²) < 4.78 is 0. The van der Waals surface area contributed by atoms with Crippen molar-refractivity contribution in [2.24, 2.45) is 0 Å². The summed E-state index contributed by atoms with van der Waals surface area (Å²) in [6, 6.07) is 40.2. The van der Waals surface area contributed by atoms with Crippen LogP contribution in [0, 0.1) is 0 Å². The Morgan fingerprint density at radius 2 is 1.09 bits per heavy atom. The van der Waals surface area contributed by atoms with Gasteiger partial charge in [0.05, 0.1) is 11.1 Å². The van der Waals surface area contributed by atoms with Gasteiger partial charge in [0.15, 0.2) is 5.82 Å². The van der Waals surface area contributed by atoms with Gasteiger partial charge in [0.1, 0.15) is 0 Å². The maximum absolute atomic E-state index is 4.64. The van der Waals surface area contributed by atoms with Crippen molar-refractivity contribution in [3.63, 3.8) is 0 Å². The van der Waals surface area contributed by atoms with Gasteiger partial charge < -0.3 is 10.2 Å². The first-order valence-electron chi connectivity index (χ1n) is 14.7. The Hall–Kier alpha value is -5.36. The molecule has 0 atom stereocenters. The van der Waals surface area contributed by atoms with Gasteiger partial charge in [-0.05, 0) is 72.0 Å². The lowest BCUT2D eigenvalue weighted by molar-refractivity contribution is 0.452. The summed E-state index contributed by atoms with van der Waals surface area (Å²) in [4.78, 5) is 20.2. The van der Waals surface area contributed by atoms with Crippen molar-refractivity contribution in [1.29, 1.82) is 0 Å². The lowest BCUT2D eigenvalue weighted by Gasteiger charge is -2.35. The molecule has 4 aromatic carbocycles. The van der Waals surface area contributed by atoms with Gasteiger partial charge in [-0.15, -0.1) is 0 Å². The van der Waals surface area contributed by atoms with Crippen molar-refractivity contribution in [1.82, 2.24) is 19.9 Å². The van der Waals surface area contributed by atoms with Gasteiger partial charge in [-0.3, -0.25) is 0 Å². The highest BCUT2D eigenvalue weighted by Crippen LogP contribution is 2.40. The van der Waals surface area contributed by atoms with Crippen molar-refractivity contribution in [3.8, 4) is 22.5 Å². The molecule has 0 aliphatic heterocycles. The molecule has 6 rings (SSSR count). The van der Waals surface area contributed by atoms with Gasteiger partial charge >= 0.3 is 0 Å².